The predicted octanol–water partition coefficient (Wildman–Crippen LogP) is 0.186. The fourth-order valence-electron chi connectivity index (χ4n) is 1.06. The van der Waals surface area contributed by atoms with Crippen molar-refractivity contribution in [1.82, 2.24) is 5.32 Å². The Balaban J connectivity index is 2.23. The number of carbonyl (C=O) groups is 1. The number of ether oxygens (including phenoxy) is 1. The molecule has 0 saturated carbocycles. The molecule has 1 saturated heterocycles. The van der Waals surface area contributed by atoms with Crippen molar-refractivity contribution in [2.45, 2.75) is 32.0 Å². The lowest BCUT2D eigenvalue weighted by molar-refractivity contribution is -0.140. The Morgan fingerprint density at radius 3 is 3.00 bits per heavy atom. The van der Waals surface area contributed by atoms with Crippen molar-refractivity contribution >= 4 is 5.97 Å². The molecular weight excluding hydrogens is 146 g/mol. The summed E-state index contributed by atoms with van der Waals surface area (Å²) in [5.41, 5.74) is 0. The molecule has 64 valence electrons. The quantitative estimate of drug-likeness (QED) is 0.617. The molecule has 1 rings (SSSR count). The highest BCUT2D eigenvalue weighted by atomic mass is 16.5. The third-order valence-electron chi connectivity index (χ3n) is 1.74. The maximum absolute atomic E-state index is 10.4. The molecule has 4 heteroatoms. The summed E-state index contributed by atoms with van der Waals surface area (Å²) in [6.07, 6.45) is 1.88. The summed E-state index contributed by atoms with van der Waals surface area (Å²) < 4.78 is 5.20. The third kappa shape index (κ3) is 2.48. The summed E-state index contributed by atoms with van der Waals surface area (Å²) in [6.45, 7) is 2.36. The van der Waals surface area contributed by atoms with Crippen LogP contribution in [0.25, 0.3) is 0 Å². The van der Waals surface area contributed by atoms with Gasteiger partial charge in [-0.15, -0.1) is 0 Å². The Morgan fingerprint density at radius 1 is 1.82 bits per heavy atom. The number of hydrogen-bond acceptors (Lipinski definition) is 3. The van der Waals surface area contributed by atoms with E-state index in [4.69, 9.17) is 9.84 Å². The number of nitrogens with one attached hydrogen (secondary N) is 1. The smallest absolute Gasteiger partial charge is 0.320 e. The molecule has 4 nitrogen and oxygen atoms in total. The average Bonchev–Trinajstić information content (AvgIpc) is 2.39. The van der Waals surface area contributed by atoms with Gasteiger partial charge in [-0.3, -0.25) is 10.1 Å². The zero-order valence-corrected chi connectivity index (χ0v) is 6.54. The number of rotatable bonds is 3. The van der Waals surface area contributed by atoms with Crippen molar-refractivity contribution in [3.63, 3.8) is 0 Å². The Labute approximate surface area is 65.5 Å². The second-order valence-electron chi connectivity index (χ2n) is 2.73. The maximum atomic E-state index is 10.4. The largest absolute Gasteiger partial charge is 0.480 e. The molecule has 1 fully saturated rings. The number of aliphatic carboxylic acids is 1. The van der Waals surface area contributed by atoms with Crippen molar-refractivity contribution in [2.24, 2.45) is 0 Å². The van der Waals surface area contributed by atoms with Crippen molar-refractivity contribution in [1.29, 1.82) is 0 Å². The van der Waals surface area contributed by atoms with Crippen LogP contribution in [0.2, 0.25) is 0 Å². The minimum atomic E-state index is -0.833. The number of carboxylic acids is 1. The van der Waals surface area contributed by atoms with Gasteiger partial charge in [-0.05, 0) is 19.8 Å². The monoisotopic (exact) mass is 159 g/mol. The van der Waals surface area contributed by atoms with Gasteiger partial charge in [0, 0.05) is 6.61 Å². The van der Waals surface area contributed by atoms with Crippen molar-refractivity contribution < 1.29 is 14.6 Å². The van der Waals surface area contributed by atoms with Gasteiger partial charge >= 0.3 is 5.97 Å². The molecule has 0 aliphatic carbocycles. The lowest BCUT2D eigenvalue weighted by Gasteiger charge is -2.14. The van der Waals surface area contributed by atoms with E-state index in [1.54, 1.807) is 6.92 Å². The van der Waals surface area contributed by atoms with Gasteiger partial charge in [0.1, 0.15) is 12.3 Å². The molecule has 1 heterocycles. The molecule has 0 radical (unpaired) electrons. The third-order valence-corrected chi connectivity index (χ3v) is 1.74. The van der Waals surface area contributed by atoms with Gasteiger partial charge in [0.25, 0.3) is 0 Å². The van der Waals surface area contributed by atoms with Crippen molar-refractivity contribution in [3.05, 3.63) is 0 Å². The molecule has 0 aromatic heterocycles. The van der Waals surface area contributed by atoms with Gasteiger partial charge in [0.2, 0.25) is 0 Å². The summed E-state index contributed by atoms with van der Waals surface area (Å²) in [5.74, 6) is -0.833. The topological polar surface area (TPSA) is 58.6 Å². The summed E-state index contributed by atoms with van der Waals surface area (Å²) in [6, 6.07) is -0.516. The minimum Gasteiger partial charge on any atom is -0.480 e. The standard InChI is InChI=1S/C7H13NO3/c1-5(7(9)10)8-6-3-2-4-11-6/h5-6,8H,2-4H2,1H3,(H,9,10)/t5-,6?/m0/s1. The van der Waals surface area contributed by atoms with Gasteiger partial charge in [0.15, 0.2) is 0 Å². The molecule has 0 aromatic rings. The van der Waals surface area contributed by atoms with E-state index in [0.29, 0.717) is 0 Å². The van der Waals surface area contributed by atoms with Crippen LogP contribution in [0.1, 0.15) is 19.8 Å². The zero-order chi connectivity index (χ0) is 8.27. The molecule has 1 unspecified atom stereocenters. The van der Waals surface area contributed by atoms with Crippen LogP contribution in [-0.2, 0) is 9.53 Å². The molecule has 0 bridgehead atoms. The second kappa shape index (κ2) is 3.69. The molecular formula is C7H13NO3. The molecule has 1 aliphatic heterocycles. The fraction of sp³-hybridized carbons (Fsp3) is 0.857. The summed E-state index contributed by atoms with van der Waals surface area (Å²) in [7, 11) is 0. The Morgan fingerprint density at radius 2 is 2.55 bits per heavy atom. The van der Waals surface area contributed by atoms with Crippen LogP contribution in [0.15, 0.2) is 0 Å². The molecule has 2 atom stereocenters. The molecule has 0 spiro atoms. The van der Waals surface area contributed by atoms with Gasteiger partial charge in [-0.1, -0.05) is 0 Å². The maximum Gasteiger partial charge on any atom is 0.320 e. The Kier molecular flexibility index (Phi) is 2.84. The van der Waals surface area contributed by atoms with E-state index in [-0.39, 0.29) is 6.23 Å². The zero-order valence-electron chi connectivity index (χ0n) is 6.54. The van der Waals surface area contributed by atoms with E-state index in [2.05, 4.69) is 5.32 Å². The normalized spacial score (nSPS) is 26.8. The Hall–Kier alpha value is -0.610. The van der Waals surface area contributed by atoms with E-state index >= 15 is 0 Å². The molecule has 0 aromatic carbocycles. The second-order valence-corrected chi connectivity index (χ2v) is 2.73. The van der Waals surface area contributed by atoms with Gasteiger partial charge in [-0.25, -0.2) is 0 Å². The van der Waals surface area contributed by atoms with Crippen LogP contribution in [0, 0.1) is 0 Å². The summed E-state index contributed by atoms with van der Waals surface area (Å²) >= 11 is 0. The molecule has 0 amide bonds. The molecule has 11 heavy (non-hydrogen) atoms. The predicted molar refractivity (Wildman–Crippen MR) is 39.2 cm³/mol. The Bertz CT molecular complexity index is 143. The lowest BCUT2D eigenvalue weighted by atomic mass is 10.3. The summed E-state index contributed by atoms with van der Waals surface area (Å²) in [5, 5.41) is 11.4. The van der Waals surface area contributed by atoms with Crippen molar-refractivity contribution in [2.75, 3.05) is 6.61 Å². The fourth-order valence-corrected chi connectivity index (χ4v) is 1.06. The van der Waals surface area contributed by atoms with E-state index in [1.165, 1.54) is 0 Å². The number of hydrogen-bond donors (Lipinski definition) is 2. The molecule has 1 aliphatic rings. The average molecular weight is 159 g/mol. The van der Waals surface area contributed by atoms with Gasteiger partial charge in [-0.2, -0.15) is 0 Å². The highest BCUT2D eigenvalue weighted by molar-refractivity contribution is 5.72. The minimum absolute atomic E-state index is 0.0545. The first-order valence-electron chi connectivity index (χ1n) is 3.80. The summed E-state index contributed by atoms with van der Waals surface area (Å²) in [4.78, 5) is 10.4. The lowest BCUT2D eigenvalue weighted by Crippen LogP contribution is -2.40. The van der Waals surface area contributed by atoms with E-state index in [9.17, 15) is 4.79 Å². The van der Waals surface area contributed by atoms with Crippen LogP contribution in [0.3, 0.4) is 0 Å². The highest BCUT2D eigenvalue weighted by Gasteiger charge is 2.20. The first-order valence-corrected chi connectivity index (χ1v) is 3.80. The van der Waals surface area contributed by atoms with Gasteiger partial charge in [0.05, 0.1) is 0 Å². The SMILES string of the molecule is C[C@H](NC1CCCO1)C(=O)O. The van der Waals surface area contributed by atoms with Gasteiger partial charge < -0.3 is 9.84 Å². The first kappa shape index (κ1) is 8.49. The van der Waals surface area contributed by atoms with Crippen LogP contribution in [-0.4, -0.2) is 30.0 Å². The highest BCUT2D eigenvalue weighted by Crippen LogP contribution is 2.09. The van der Waals surface area contributed by atoms with Crippen LogP contribution >= 0.6 is 0 Å². The first-order chi connectivity index (χ1) is 5.20. The van der Waals surface area contributed by atoms with Crippen LogP contribution < -0.4 is 5.32 Å². The van der Waals surface area contributed by atoms with Crippen LogP contribution in [0.5, 0.6) is 0 Å². The van der Waals surface area contributed by atoms with Crippen LogP contribution in [0.4, 0.5) is 0 Å². The molecule has 2 N–H and O–H groups in total. The van der Waals surface area contributed by atoms with E-state index in [0.717, 1.165) is 19.4 Å². The van der Waals surface area contributed by atoms with E-state index < -0.39 is 12.0 Å². The van der Waals surface area contributed by atoms with Crippen molar-refractivity contribution in [3.8, 4) is 0 Å². The number of carboxylic acid groups (broad SMARTS) is 1. The van der Waals surface area contributed by atoms with E-state index in [1.807, 2.05) is 0 Å².